The summed E-state index contributed by atoms with van der Waals surface area (Å²) in [6.07, 6.45) is 3.35. The molecule has 0 aromatic rings. The SMILES string of the molecule is CN(C)[C@@]12CC[C@@H](C[C@@H]1O)C2(C)C. The normalized spacial score (nSPS) is 47.5. The average Bonchev–Trinajstić information content (AvgIpc) is 2.35. The van der Waals surface area contributed by atoms with Crippen LogP contribution in [0.25, 0.3) is 0 Å². The first-order valence-electron chi connectivity index (χ1n) is 5.28. The monoisotopic (exact) mass is 183 g/mol. The number of hydrogen-bond acceptors (Lipinski definition) is 2. The van der Waals surface area contributed by atoms with Crippen molar-refractivity contribution >= 4 is 0 Å². The van der Waals surface area contributed by atoms with E-state index in [-0.39, 0.29) is 17.1 Å². The zero-order chi connectivity index (χ0) is 9.85. The van der Waals surface area contributed by atoms with E-state index in [1.165, 1.54) is 12.8 Å². The van der Waals surface area contributed by atoms with Gasteiger partial charge in [-0.2, -0.15) is 0 Å². The Labute approximate surface area is 80.9 Å². The van der Waals surface area contributed by atoms with E-state index in [4.69, 9.17) is 0 Å². The summed E-state index contributed by atoms with van der Waals surface area (Å²) in [6.45, 7) is 4.64. The van der Waals surface area contributed by atoms with Gasteiger partial charge in [-0.25, -0.2) is 0 Å². The molecule has 2 aliphatic rings. The molecule has 2 saturated carbocycles. The quantitative estimate of drug-likeness (QED) is 0.665. The maximum absolute atomic E-state index is 10.1. The van der Waals surface area contributed by atoms with Gasteiger partial charge in [0.05, 0.1) is 11.6 Å². The largest absolute Gasteiger partial charge is 0.391 e. The molecule has 0 saturated heterocycles. The van der Waals surface area contributed by atoms with Gasteiger partial charge in [0.25, 0.3) is 0 Å². The van der Waals surface area contributed by atoms with Gasteiger partial charge < -0.3 is 10.0 Å². The van der Waals surface area contributed by atoms with Crippen LogP contribution in [0, 0.1) is 11.3 Å². The highest BCUT2D eigenvalue weighted by molar-refractivity contribution is 5.18. The number of aliphatic hydroxyl groups excluding tert-OH is 1. The van der Waals surface area contributed by atoms with Crippen molar-refractivity contribution in [2.75, 3.05) is 14.1 Å². The third-order valence-corrected chi connectivity index (χ3v) is 4.87. The maximum Gasteiger partial charge on any atom is 0.0731 e. The molecule has 2 rings (SSSR count). The molecular weight excluding hydrogens is 162 g/mol. The van der Waals surface area contributed by atoms with Crippen LogP contribution in [0.4, 0.5) is 0 Å². The lowest BCUT2D eigenvalue weighted by molar-refractivity contribution is -0.0329. The van der Waals surface area contributed by atoms with Gasteiger partial charge in [-0.3, -0.25) is 0 Å². The van der Waals surface area contributed by atoms with E-state index in [2.05, 4.69) is 32.8 Å². The van der Waals surface area contributed by atoms with Gasteiger partial charge in [0, 0.05) is 0 Å². The summed E-state index contributed by atoms with van der Waals surface area (Å²) in [7, 11) is 4.22. The highest BCUT2D eigenvalue weighted by Crippen LogP contribution is 2.62. The van der Waals surface area contributed by atoms with Crippen LogP contribution in [0.5, 0.6) is 0 Å². The Hall–Kier alpha value is -0.0800. The predicted molar refractivity (Wildman–Crippen MR) is 53.5 cm³/mol. The first-order valence-corrected chi connectivity index (χ1v) is 5.28. The number of aliphatic hydroxyl groups is 1. The zero-order valence-corrected chi connectivity index (χ0v) is 9.17. The van der Waals surface area contributed by atoms with Crippen molar-refractivity contribution in [2.45, 2.75) is 44.8 Å². The second-order valence-electron chi connectivity index (χ2n) is 5.53. The van der Waals surface area contributed by atoms with Gasteiger partial charge in [0.15, 0.2) is 0 Å². The molecular formula is C11H21NO. The molecule has 0 aromatic heterocycles. The van der Waals surface area contributed by atoms with Crippen molar-refractivity contribution in [1.82, 2.24) is 4.90 Å². The van der Waals surface area contributed by atoms with Gasteiger partial charge >= 0.3 is 0 Å². The number of hydrogen-bond donors (Lipinski definition) is 1. The fourth-order valence-electron chi connectivity index (χ4n) is 4.00. The number of fused-ring (bicyclic) bond motifs is 2. The summed E-state index contributed by atoms with van der Waals surface area (Å²) in [4.78, 5) is 2.25. The Bertz CT molecular complexity index is 224. The molecule has 1 N–H and O–H groups in total. The van der Waals surface area contributed by atoms with Crippen LogP contribution in [0.1, 0.15) is 33.1 Å². The Morgan fingerprint density at radius 2 is 1.92 bits per heavy atom. The Morgan fingerprint density at radius 1 is 1.31 bits per heavy atom. The first-order chi connectivity index (χ1) is 5.93. The minimum Gasteiger partial charge on any atom is -0.391 e. The highest BCUT2D eigenvalue weighted by atomic mass is 16.3. The molecule has 2 aliphatic carbocycles. The van der Waals surface area contributed by atoms with Crippen molar-refractivity contribution in [2.24, 2.45) is 11.3 Å². The van der Waals surface area contributed by atoms with Crippen molar-refractivity contribution < 1.29 is 5.11 Å². The molecule has 3 atom stereocenters. The topological polar surface area (TPSA) is 23.5 Å². The van der Waals surface area contributed by atoms with E-state index in [9.17, 15) is 5.11 Å². The summed E-state index contributed by atoms with van der Waals surface area (Å²) in [5.41, 5.74) is 0.341. The molecule has 2 heteroatoms. The minimum absolute atomic E-state index is 0.0532. The molecule has 0 spiro atoms. The average molecular weight is 183 g/mol. The van der Waals surface area contributed by atoms with Crippen LogP contribution in [0.3, 0.4) is 0 Å². The van der Waals surface area contributed by atoms with E-state index >= 15 is 0 Å². The number of rotatable bonds is 1. The van der Waals surface area contributed by atoms with E-state index in [0.29, 0.717) is 0 Å². The van der Waals surface area contributed by atoms with Crippen LogP contribution >= 0.6 is 0 Å². The third kappa shape index (κ3) is 0.861. The van der Waals surface area contributed by atoms with Gasteiger partial charge in [-0.05, 0) is 44.7 Å². The third-order valence-electron chi connectivity index (χ3n) is 4.87. The molecule has 76 valence electrons. The van der Waals surface area contributed by atoms with Gasteiger partial charge in [-0.15, -0.1) is 0 Å². The summed E-state index contributed by atoms with van der Waals surface area (Å²) in [6, 6.07) is 0. The molecule has 0 radical (unpaired) electrons. The van der Waals surface area contributed by atoms with E-state index in [1.807, 2.05) is 0 Å². The lowest BCUT2D eigenvalue weighted by atomic mass is 9.74. The van der Waals surface area contributed by atoms with Crippen molar-refractivity contribution in [3.05, 3.63) is 0 Å². The van der Waals surface area contributed by atoms with Gasteiger partial charge in [-0.1, -0.05) is 13.8 Å². The van der Waals surface area contributed by atoms with Crippen molar-refractivity contribution in [1.29, 1.82) is 0 Å². The smallest absolute Gasteiger partial charge is 0.0731 e. The predicted octanol–water partition coefficient (Wildman–Crippen LogP) is 1.49. The van der Waals surface area contributed by atoms with E-state index in [1.54, 1.807) is 0 Å². The van der Waals surface area contributed by atoms with Crippen molar-refractivity contribution in [3.8, 4) is 0 Å². The van der Waals surface area contributed by atoms with Crippen LogP contribution in [-0.4, -0.2) is 35.7 Å². The van der Waals surface area contributed by atoms with Gasteiger partial charge in [0.2, 0.25) is 0 Å². The molecule has 0 amide bonds. The summed E-state index contributed by atoms with van der Waals surface area (Å²) in [5, 5.41) is 10.1. The van der Waals surface area contributed by atoms with Crippen LogP contribution < -0.4 is 0 Å². The first kappa shape index (κ1) is 9.47. The number of nitrogens with zero attached hydrogens (tertiary/aromatic N) is 1. The zero-order valence-electron chi connectivity index (χ0n) is 9.17. The molecule has 0 aromatic carbocycles. The lowest BCUT2D eigenvalue weighted by Crippen LogP contribution is -2.56. The molecule has 2 nitrogen and oxygen atoms in total. The second kappa shape index (κ2) is 2.48. The summed E-state index contributed by atoms with van der Waals surface area (Å²) in [5.74, 6) is 0.727. The highest BCUT2D eigenvalue weighted by Gasteiger charge is 2.64. The fourth-order valence-corrected chi connectivity index (χ4v) is 4.00. The summed E-state index contributed by atoms with van der Waals surface area (Å²) >= 11 is 0. The second-order valence-corrected chi connectivity index (χ2v) is 5.53. The minimum atomic E-state index is -0.115. The Kier molecular flexibility index (Phi) is 1.81. The fraction of sp³-hybridized carbons (Fsp3) is 1.00. The van der Waals surface area contributed by atoms with Crippen LogP contribution in [0.2, 0.25) is 0 Å². The molecule has 0 aliphatic heterocycles. The van der Waals surface area contributed by atoms with Gasteiger partial charge in [0.1, 0.15) is 0 Å². The van der Waals surface area contributed by atoms with Crippen molar-refractivity contribution in [3.63, 3.8) is 0 Å². The Balaban J connectivity index is 2.43. The molecule has 13 heavy (non-hydrogen) atoms. The molecule has 0 unspecified atom stereocenters. The summed E-state index contributed by atoms with van der Waals surface area (Å²) < 4.78 is 0. The number of likely N-dealkylation sites (N-methyl/N-ethyl adjacent to an activating group) is 1. The van der Waals surface area contributed by atoms with E-state index in [0.717, 1.165) is 12.3 Å². The van der Waals surface area contributed by atoms with Crippen LogP contribution in [0.15, 0.2) is 0 Å². The molecule has 2 bridgehead atoms. The molecule has 2 fully saturated rings. The molecule has 0 heterocycles. The van der Waals surface area contributed by atoms with Crippen LogP contribution in [-0.2, 0) is 0 Å². The lowest BCUT2D eigenvalue weighted by Gasteiger charge is -2.46. The maximum atomic E-state index is 10.1. The van der Waals surface area contributed by atoms with E-state index < -0.39 is 0 Å². The Morgan fingerprint density at radius 3 is 2.15 bits per heavy atom. The standard InChI is InChI=1S/C11H21NO/c1-10(2)8-5-6-11(10,12(3)4)9(13)7-8/h8-9,13H,5-7H2,1-4H3/t8-,9-,11-/m0/s1.